The number of rotatable bonds is 4. The van der Waals surface area contributed by atoms with Crippen molar-refractivity contribution in [3.05, 3.63) is 68.4 Å². The molecule has 3 N–H and O–H groups in total. The van der Waals surface area contributed by atoms with E-state index in [1.807, 2.05) is 0 Å². The van der Waals surface area contributed by atoms with Gasteiger partial charge in [0.25, 0.3) is 0 Å². The first-order valence-electron chi connectivity index (χ1n) is 5.97. The third-order valence-electron chi connectivity index (χ3n) is 3.07. The summed E-state index contributed by atoms with van der Waals surface area (Å²) in [4.78, 5) is 0. The van der Waals surface area contributed by atoms with Crippen LogP contribution in [0.4, 0.5) is 13.2 Å². The zero-order valence-electron chi connectivity index (χ0n) is 10.6. The number of hydrogen-bond donors (Lipinski definition) is 2. The molecule has 0 saturated heterocycles. The fraction of sp³-hybridized carbons (Fsp3) is 0.143. The predicted octanol–water partition coefficient (Wildman–Crippen LogP) is 4.27. The minimum atomic E-state index is -0.961. The van der Waals surface area contributed by atoms with Gasteiger partial charge in [-0.25, -0.2) is 13.2 Å². The minimum absolute atomic E-state index is 0.0574. The Labute approximate surface area is 133 Å². The van der Waals surface area contributed by atoms with E-state index in [1.54, 1.807) is 6.07 Å². The van der Waals surface area contributed by atoms with E-state index in [0.717, 1.165) is 12.1 Å². The van der Waals surface area contributed by atoms with E-state index in [4.69, 9.17) is 17.4 Å². The van der Waals surface area contributed by atoms with E-state index in [2.05, 4.69) is 21.4 Å². The molecular formula is C14H11BrClF3N2. The summed E-state index contributed by atoms with van der Waals surface area (Å²) in [5.74, 6) is 2.93. The van der Waals surface area contributed by atoms with Crippen molar-refractivity contribution in [1.82, 2.24) is 5.43 Å². The molecule has 2 aromatic rings. The lowest BCUT2D eigenvalue weighted by Crippen LogP contribution is -2.30. The van der Waals surface area contributed by atoms with Crippen LogP contribution >= 0.6 is 27.5 Å². The second kappa shape index (κ2) is 6.79. The Balaban J connectivity index is 2.32. The Morgan fingerprint density at radius 1 is 1.14 bits per heavy atom. The molecule has 1 unspecified atom stereocenters. The lowest BCUT2D eigenvalue weighted by atomic mass is 9.99. The summed E-state index contributed by atoms with van der Waals surface area (Å²) >= 11 is 8.95. The van der Waals surface area contributed by atoms with Crippen molar-refractivity contribution in [3.8, 4) is 0 Å². The van der Waals surface area contributed by atoms with Gasteiger partial charge >= 0.3 is 0 Å². The van der Waals surface area contributed by atoms with Gasteiger partial charge in [-0.1, -0.05) is 23.7 Å². The number of benzene rings is 2. The molecule has 0 saturated carbocycles. The van der Waals surface area contributed by atoms with E-state index in [0.29, 0.717) is 10.0 Å². The SMILES string of the molecule is NNC(Cc1ccc(F)c(F)c1)c1ccc(Br)c(Cl)c1F. The van der Waals surface area contributed by atoms with Crippen molar-refractivity contribution in [1.29, 1.82) is 0 Å². The van der Waals surface area contributed by atoms with E-state index >= 15 is 0 Å². The van der Waals surface area contributed by atoms with Crippen LogP contribution in [-0.2, 0) is 6.42 Å². The van der Waals surface area contributed by atoms with Crippen LogP contribution in [0.2, 0.25) is 5.02 Å². The maximum absolute atomic E-state index is 14.2. The van der Waals surface area contributed by atoms with Crippen molar-refractivity contribution >= 4 is 27.5 Å². The summed E-state index contributed by atoms with van der Waals surface area (Å²) in [5, 5.41) is -0.0574. The van der Waals surface area contributed by atoms with Crippen LogP contribution in [0.15, 0.2) is 34.8 Å². The molecule has 0 amide bonds. The summed E-state index contributed by atoms with van der Waals surface area (Å²) in [6.07, 6.45) is 0.183. The van der Waals surface area contributed by atoms with Crippen LogP contribution in [0, 0.1) is 17.5 Å². The van der Waals surface area contributed by atoms with Gasteiger partial charge in [-0.3, -0.25) is 11.3 Å². The van der Waals surface area contributed by atoms with Crippen LogP contribution in [0.1, 0.15) is 17.2 Å². The molecule has 112 valence electrons. The third-order valence-corrected chi connectivity index (χ3v) is 4.32. The van der Waals surface area contributed by atoms with Crippen LogP contribution in [0.3, 0.4) is 0 Å². The maximum Gasteiger partial charge on any atom is 0.159 e. The molecule has 2 nitrogen and oxygen atoms in total. The third kappa shape index (κ3) is 3.58. The summed E-state index contributed by atoms with van der Waals surface area (Å²) in [6, 6.07) is 5.98. The van der Waals surface area contributed by atoms with E-state index in [1.165, 1.54) is 12.1 Å². The molecule has 1 atom stereocenters. The molecule has 2 rings (SSSR count). The first kappa shape index (κ1) is 16.3. The van der Waals surface area contributed by atoms with E-state index < -0.39 is 23.5 Å². The second-order valence-electron chi connectivity index (χ2n) is 4.44. The van der Waals surface area contributed by atoms with Crippen molar-refractivity contribution in [2.75, 3.05) is 0 Å². The van der Waals surface area contributed by atoms with Gasteiger partial charge in [-0.2, -0.15) is 0 Å². The van der Waals surface area contributed by atoms with Crippen molar-refractivity contribution in [2.45, 2.75) is 12.5 Å². The summed E-state index contributed by atoms with van der Waals surface area (Å²) in [6.45, 7) is 0. The molecule has 0 aliphatic heterocycles. The predicted molar refractivity (Wildman–Crippen MR) is 79.2 cm³/mol. The van der Waals surface area contributed by atoms with Gasteiger partial charge in [0.05, 0.1) is 11.1 Å². The number of hydrazine groups is 1. The smallest absolute Gasteiger partial charge is 0.159 e. The van der Waals surface area contributed by atoms with Gasteiger partial charge in [-0.15, -0.1) is 0 Å². The molecule has 2 aromatic carbocycles. The quantitative estimate of drug-likeness (QED) is 0.473. The lowest BCUT2D eigenvalue weighted by Gasteiger charge is -2.18. The highest BCUT2D eigenvalue weighted by Gasteiger charge is 2.19. The standard InChI is InChI=1S/C14H11BrClF3N2/c15-9-3-2-8(14(19)13(9)16)12(21-20)6-7-1-4-10(17)11(18)5-7/h1-5,12,21H,6,20H2. The van der Waals surface area contributed by atoms with Gasteiger partial charge in [0, 0.05) is 10.0 Å². The Morgan fingerprint density at radius 3 is 2.48 bits per heavy atom. The molecule has 0 bridgehead atoms. The monoisotopic (exact) mass is 378 g/mol. The molecule has 21 heavy (non-hydrogen) atoms. The average Bonchev–Trinajstić information content (AvgIpc) is 2.47. The molecule has 7 heteroatoms. The highest BCUT2D eigenvalue weighted by molar-refractivity contribution is 9.10. The van der Waals surface area contributed by atoms with Crippen molar-refractivity contribution < 1.29 is 13.2 Å². The van der Waals surface area contributed by atoms with E-state index in [-0.39, 0.29) is 17.0 Å². The molecular weight excluding hydrogens is 369 g/mol. The summed E-state index contributed by atoms with van der Waals surface area (Å²) < 4.78 is 40.7. The largest absolute Gasteiger partial charge is 0.271 e. The molecule has 0 spiro atoms. The Hall–Kier alpha value is -1.08. The first-order chi connectivity index (χ1) is 9.93. The number of halogens is 5. The highest BCUT2D eigenvalue weighted by atomic mass is 79.9. The molecule has 0 aliphatic carbocycles. The zero-order valence-corrected chi connectivity index (χ0v) is 13.0. The first-order valence-corrected chi connectivity index (χ1v) is 7.14. The topological polar surface area (TPSA) is 38.0 Å². The molecule has 0 aliphatic rings. The van der Waals surface area contributed by atoms with Crippen LogP contribution in [-0.4, -0.2) is 0 Å². The molecule has 0 fully saturated rings. The Kier molecular flexibility index (Phi) is 5.27. The van der Waals surface area contributed by atoms with Gasteiger partial charge in [-0.05, 0) is 46.1 Å². The van der Waals surface area contributed by atoms with Crippen LogP contribution in [0.25, 0.3) is 0 Å². The second-order valence-corrected chi connectivity index (χ2v) is 5.67. The zero-order chi connectivity index (χ0) is 15.6. The number of hydrogen-bond acceptors (Lipinski definition) is 2. The van der Waals surface area contributed by atoms with Gasteiger partial charge in [0.1, 0.15) is 5.82 Å². The van der Waals surface area contributed by atoms with Gasteiger partial charge in [0.15, 0.2) is 11.6 Å². The normalized spacial score (nSPS) is 12.5. The maximum atomic E-state index is 14.2. The summed E-state index contributed by atoms with van der Waals surface area (Å²) in [7, 11) is 0. The van der Waals surface area contributed by atoms with Gasteiger partial charge in [0.2, 0.25) is 0 Å². The van der Waals surface area contributed by atoms with E-state index in [9.17, 15) is 13.2 Å². The summed E-state index contributed by atoms with van der Waals surface area (Å²) in [5.41, 5.74) is 3.19. The average molecular weight is 380 g/mol. The van der Waals surface area contributed by atoms with Crippen molar-refractivity contribution in [3.63, 3.8) is 0 Å². The fourth-order valence-electron chi connectivity index (χ4n) is 1.97. The van der Waals surface area contributed by atoms with Crippen LogP contribution < -0.4 is 11.3 Å². The molecule has 0 radical (unpaired) electrons. The molecule has 0 aromatic heterocycles. The fourth-order valence-corrected chi connectivity index (χ4v) is 2.45. The Bertz CT molecular complexity index is 667. The van der Waals surface area contributed by atoms with Crippen molar-refractivity contribution in [2.24, 2.45) is 5.84 Å². The Morgan fingerprint density at radius 2 is 1.86 bits per heavy atom. The van der Waals surface area contributed by atoms with Gasteiger partial charge < -0.3 is 0 Å². The number of nitrogens with two attached hydrogens (primary N) is 1. The highest BCUT2D eigenvalue weighted by Crippen LogP contribution is 2.31. The lowest BCUT2D eigenvalue weighted by molar-refractivity contribution is 0.495. The molecule has 0 heterocycles. The number of nitrogens with one attached hydrogen (secondary N) is 1. The van der Waals surface area contributed by atoms with Crippen LogP contribution in [0.5, 0.6) is 0 Å². The minimum Gasteiger partial charge on any atom is -0.271 e.